The average Bonchev–Trinajstić information content (AvgIpc) is 2.69. The number of nitrogens with one attached hydrogen (secondary N) is 3. The van der Waals surface area contributed by atoms with Crippen molar-refractivity contribution in [2.45, 2.75) is 18.7 Å². The number of hydrogen-bond donors (Lipinski definition) is 3. The van der Waals surface area contributed by atoms with Crippen molar-refractivity contribution in [3.8, 4) is 0 Å². The van der Waals surface area contributed by atoms with Crippen LogP contribution in [0, 0.1) is 13.8 Å². The highest BCUT2D eigenvalue weighted by Gasteiger charge is 2.13. The van der Waals surface area contributed by atoms with E-state index in [9.17, 15) is 8.42 Å². The fourth-order valence-corrected chi connectivity index (χ4v) is 3.52. The number of sulfonamides is 1. The molecule has 0 radical (unpaired) electrons. The van der Waals surface area contributed by atoms with Crippen molar-refractivity contribution in [2.75, 3.05) is 23.7 Å². The fraction of sp³-hybridized carbons (Fsp3) is 0.211. The number of nitrogens with zero attached hydrogens (tertiary/aromatic N) is 3. The second kappa shape index (κ2) is 8.77. The number of pyridine rings is 1. The predicted molar refractivity (Wildman–Crippen MR) is 109 cm³/mol. The second-order valence-electron chi connectivity index (χ2n) is 6.21. The van der Waals surface area contributed by atoms with Crippen LogP contribution in [0.4, 0.5) is 17.5 Å². The third-order valence-electron chi connectivity index (χ3n) is 4.10. The van der Waals surface area contributed by atoms with Gasteiger partial charge in [0.05, 0.1) is 4.90 Å². The van der Waals surface area contributed by atoms with Crippen molar-refractivity contribution in [3.05, 3.63) is 65.9 Å². The molecule has 0 amide bonds. The topological polar surface area (TPSA) is 109 Å². The monoisotopic (exact) mass is 398 g/mol. The van der Waals surface area contributed by atoms with Gasteiger partial charge in [-0.3, -0.25) is 0 Å². The van der Waals surface area contributed by atoms with Gasteiger partial charge in [0.1, 0.15) is 11.6 Å². The van der Waals surface area contributed by atoms with E-state index in [1.165, 1.54) is 0 Å². The van der Waals surface area contributed by atoms with E-state index >= 15 is 0 Å². The largest absolute Gasteiger partial charge is 0.367 e. The summed E-state index contributed by atoms with van der Waals surface area (Å²) in [5, 5.41) is 14.2. The maximum Gasteiger partial charge on any atom is 0.240 e. The fourth-order valence-electron chi connectivity index (χ4n) is 2.40. The first-order valence-electron chi connectivity index (χ1n) is 8.77. The molecule has 0 saturated heterocycles. The Kier molecular flexibility index (Phi) is 6.17. The van der Waals surface area contributed by atoms with E-state index in [0.717, 1.165) is 11.1 Å². The molecular weight excluding hydrogens is 376 g/mol. The van der Waals surface area contributed by atoms with Crippen LogP contribution in [0.1, 0.15) is 11.1 Å². The van der Waals surface area contributed by atoms with E-state index in [0.29, 0.717) is 24.0 Å². The Morgan fingerprint density at radius 1 is 0.857 bits per heavy atom. The van der Waals surface area contributed by atoms with Gasteiger partial charge in [-0.15, -0.1) is 10.2 Å². The van der Waals surface area contributed by atoms with Gasteiger partial charge in [0.15, 0.2) is 5.82 Å². The van der Waals surface area contributed by atoms with Crippen molar-refractivity contribution in [3.63, 3.8) is 0 Å². The highest BCUT2D eigenvalue weighted by Crippen LogP contribution is 2.14. The minimum absolute atomic E-state index is 0.227. The SMILES string of the molecule is Cc1ccc(S(=O)(=O)NCCNc2ccc(Nc3ccccn3)nn2)cc1C. The first kappa shape index (κ1) is 19.7. The van der Waals surface area contributed by atoms with Crippen LogP contribution in [0.5, 0.6) is 0 Å². The number of aryl methyl sites for hydroxylation is 2. The van der Waals surface area contributed by atoms with Gasteiger partial charge in [-0.2, -0.15) is 0 Å². The first-order valence-corrected chi connectivity index (χ1v) is 10.2. The van der Waals surface area contributed by atoms with Crippen molar-refractivity contribution >= 4 is 27.5 Å². The zero-order valence-electron chi connectivity index (χ0n) is 15.7. The lowest BCUT2D eigenvalue weighted by molar-refractivity contribution is 0.582. The molecule has 0 bridgehead atoms. The number of benzene rings is 1. The van der Waals surface area contributed by atoms with Gasteiger partial charge in [-0.25, -0.2) is 18.1 Å². The Bertz CT molecular complexity index is 1020. The summed E-state index contributed by atoms with van der Waals surface area (Å²) >= 11 is 0. The summed E-state index contributed by atoms with van der Waals surface area (Å²) < 4.78 is 27.3. The second-order valence-corrected chi connectivity index (χ2v) is 7.98. The lowest BCUT2D eigenvalue weighted by Gasteiger charge is -2.10. The van der Waals surface area contributed by atoms with Crippen LogP contribution in [0.2, 0.25) is 0 Å². The van der Waals surface area contributed by atoms with Crippen LogP contribution in [0.3, 0.4) is 0 Å². The zero-order chi connectivity index (χ0) is 20.0. The summed E-state index contributed by atoms with van der Waals surface area (Å²) in [5.41, 5.74) is 2.00. The zero-order valence-corrected chi connectivity index (χ0v) is 16.5. The number of aromatic nitrogens is 3. The predicted octanol–water partition coefficient (Wildman–Crippen LogP) is 2.62. The van der Waals surface area contributed by atoms with Crippen molar-refractivity contribution in [1.29, 1.82) is 0 Å². The van der Waals surface area contributed by atoms with E-state index in [2.05, 4.69) is 30.5 Å². The summed E-state index contributed by atoms with van der Waals surface area (Å²) in [6, 6.07) is 14.1. The Hall–Kier alpha value is -3.04. The molecule has 9 heteroatoms. The average molecular weight is 398 g/mol. The van der Waals surface area contributed by atoms with Crippen molar-refractivity contribution < 1.29 is 8.42 Å². The highest BCUT2D eigenvalue weighted by molar-refractivity contribution is 7.89. The standard InChI is InChI=1S/C19H22N6O2S/c1-14-6-7-16(13-15(14)2)28(26,27)22-12-11-21-18-8-9-19(25-24-18)23-17-5-3-4-10-20-17/h3-10,13,22H,11-12H2,1-2H3,(H,21,24)(H,20,23,25). The number of rotatable bonds is 8. The van der Waals surface area contributed by atoms with E-state index in [4.69, 9.17) is 0 Å². The van der Waals surface area contributed by atoms with E-state index in [-0.39, 0.29) is 11.4 Å². The molecule has 0 atom stereocenters. The van der Waals surface area contributed by atoms with Gasteiger partial charge < -0.3 is 10.6 Å². The van der Waals surface area contributed by atoms with Gasteiger partial charge in [0, 0.05) is 19.3 Å². The molecule has 3 N–H and O–H groups in total. The van der Waals surface area contributed by atoms with Gasteiger partial charge in [-0.05, 0) is 61.4 Å². The summed E-state index contributed by atoms with van der Waals surface area (Å²) in [4.78, 5) is 4.42. The maximum atomic E-state index is 12.3. The smallest absolute Gasteiger partial charge is 0.240 e. The molecule has 0 spiro atoms. The minimum atomic E-state index is -3.54. The molecule has 146 valence electrons. The Balaban J connectivity index is 1.49. The molecule has 0 fully saturated rings. The maximum absolute atomic E-state index is 12.3. The minimum Gasteiger partial charge on any atom is -0.367 e. The lowest BCUT2D eigenvalue weighted by atomic mass is 10.1. The van der Waals surface area contributed by atoms with Crippen LogP contribution in [0.25, 0.3) is 0 Å². The Labute approximate surface area is 164 Å². The van der Waals surface area contributed by atoms with Crippen LogP contribution in [0.15, 0.2) is 59.6 Å². The normalized spacial score (nSPS) is 11.2. The molecule has 3 aromatic rings. The van der Waals surface area contributed by atoms with Crippen molar-refractivity contribution in [1.82, 2.24) is 19.9 Å². The molecule has 2 heterocycles. The van der Waals surface area contributed by atoms with E-state index < -0.39 is 10.0 Å². The Morgan fingerprint density at radius 2 is 1.64 bits per heavy atom. The molecule has 0 aliphatic rings. The van der Waals surface area contributed by atoms with Crippen molar-refractivity contribution in [2.24, 2.45) is 0 Å². The van der Waals surface area contributed by atoms with Crippen LogP contribution < -0.4 is 15.4 Å². The molecule has 8 nitrogen and oxygen atoms in total. The number of anilines is 3. The third kappa shape index (κ3) is 5.24. The van der Waals surface area contributed by atoms with E-state index in [1.54, 1.807) is 36.5 Å². The molecular formula is C19H22N6O2S. The van der Waals surface area contributed by atoms with Crippen LogP contribution >= 0.6 is 0 Å². The summed E-state index contributed by atoms with van der Waals surface area (Å²) in [6.45, 7) is 4.44. The highest BCUT2D eigenvalue weighted by atomic mass is 32.2. The molecule has 3 rings (SSSR count). The summed E-state index contributed by atoms with van der Waals surface area (Å²) in [5.74, 6) is 1.80. The van der Waals surface area contributed by atoms with Crippen LogP contribution in [-0.2, 0) is 10.0 Å². The van der Waals surface area contributed by atoms with Gasteiger partial charge in [0.25, 0.3) is 0 Å². The lowest BCUT2D eigenvalue weighted by Crippen LogP contribution is -2.29. The molecule has 0 unspecified atom stereocenters. The van der Waals surface area contributed by atoms with Gasteiger partial charge in [-0.1, -0.05) is 12.1 Å². The molecule has 0 saturated carbocycles. The first-order chi connectivity index (χ1) is 13.4. The number of hydrogen-bond acceptors (Lipinski definition) is 7. The van der Waals surface area contributed by atoms with E-state index in [1.807, 2.05) is 32.0 Å². The Morgan fingerprint density at radius 3 is 2.32 bits per heavy atom. The molecule has 28 heavy (non-hydrogen) atoms. The summed E-state index contributed by atoms with van der Waals surface area (Å²) in [7, 11) is -3.54. The molecule has 2 aromatic heterocycles. The summed E-state index contributed by atoms with van der Waals surface area (Å²) in [6.07, 6.45) is 1.69. The molecule has 0 aliphatic heterocycles. The molecule has 1 aromatic carbocycles. The van der Waals surface area contributed by atoms with Gasteiger partial charge >= 0.3 is 0 Å². The van der Waals surface area contributed by atoms with Crippen LogP contribution in [-0.4, -0.2) is 36.7 Å². The van der Waals surface area contributed by atoms with Gasteiger partial charge in [0.2, 0.25) is 10.0 Å². The molecule has 0 aliphatic carbocycles. The third-order valence-corrected chi connectivity index (χ3v) is 5.56. The quantitative estimate of drug-likeness (QED) is 0.501.